The number of carbonyl (C=O) groups excluding carboxylic acids is 2. The van der Waals surface area contributed by atoms with Crippen LogP contribution in [0.3, 0.4) is 0 Å². The molecule has 1 N–H and O–H groups in total. The van der Waals surface area contributed by atoms with E-state index in [1.807, 2.05) is 91.9 Å². The molecule has 0 radical (unpaired) electrons. The van der Waals surface area contributed by atoms with Crippen LogP contribution < -0.4 is 5.32 Å². The van der Waals surface area contributed by atoms with Gasteiger partial charge in [0.1, 0.15) is 6.04 Å². The van der Waals surface area contributed by atoms with E-state index in [-0.39, 0.29) is 24.1 Å². The topological polar surface area (TPSA) is 49.4 Å². The van der Waals surface area contributed by atoms with E-state index in [4.69, 9.17) is 11.6 Å². The molecule has 0 aliphatic rings. The molecule has 0 aliphatic carbocycles. The van der Waals surface area contributed by atoms with Crippen LogP contribution in [0.2, 0.25) is 5.02 Å². The smallest absolute Gasteiger partial charge is 0.243 e. The minimum atomic E-state index is -0.640. The second-order valence-electron chi connectivity index (χ2n) is 7.71. The van der Waals surface area contributed by atoms with Gasteiger partial charge in [-0.15, -0.1) is 11.8 Å². The summed E-state index contributed by atoms with van der Waals surface area (Å²) in [4.78, 5) is 29.5. The van der Waals surface area contributed by atoms with Crippen LogP contribution in [-0.4, -0.2) is 35.1 Å². The highest BCUT2D eigenvalue weighted by atomic mass is 35.5. The van der Waals surface area contributed by atoms with Crippen molar-refractivity contribution in [2.45, 2.75) is 37.2 Å². The average molecular weight is 481 g/mol. The highest BCUT2D eigenvalue weighted by molar-refractivity contribution is 8.00. The molecule has 172 valence electrons. The van der Waals surface area contributed by atoms with E-state index in [1.165, 1.54) is 11.8 Å². The largest absolute Gasteiger partial charge is 0.354 e. The Bertz CT molecular complexity index is 1030. The fraction of sp³-hybridized carbons (Fsp3) is 0.259. The van der Waals surface area contributed by atoms with E-state index >= 15 is 0 Å². The zero-order chi connectivity index (χ0) is 23.5. The van der Waals surface area contributed by atoms with Crippen LogP contribution >= 0.6 is 23.4 Å². The molecule has 33 heavy (non-hydrogen) atoms. The third-order valence-corrected chi connectivity index (χ3v) is 6.59. The van der Waals surface area contributed by atoms with Crippen molar-refractivity contribution in [1.82, 2.24) is 10.2 Å². The monoisotopic (exact) mass is 480 g/mol. The molecule has 3 rings (SSSR count). The Morgan fingerprint density at radius 1 is 0.939 bits per heavy atom. The molecule has 0 saturated carbocycles. The van der Waals surface area contributed by atoms with Crippen molar-refractivity contribution in [3.05, 3.63) is 101 Å². The standard InChI is InChI=1S/C27H29ClN2O2S/c1-2-17-29-27(32)25(18-21-11-5-3-6-12-21)30(19-22-13-9-10-16-24(22)28)26(31)20-33-23-14-7-4-8-15-23/h3-16,25H,2,17-20H2,1H3,(H,29,32). The first-order valence-electron chi connectivity index (χ1n) is 11.1. The lowest BCUT2D eigenvalue weighted by molar-refractivity contribution is -0.139. The molecule has 0 aliphatic heterocycles. The highest BCUT2D eigenvalue weighted by Gasteiger charge is 2.30. The molecule has 1 unspecified atom stereocenters. The Morgan fingerprint density at radius 2 is 1.58 bits per heavy atom. The molecule has 4 nitrogen and oxygen atoms in total. The number of nitrogens with one attached hydrogen (secondary N) is 1. The van der Waals surface area contributed by atoms with Crippen molar-refractivity contribution >= 4 is 35.2 Å². The maximum absolute atomic E-state index is 13.5. The van der Waals surface area contributed by atoms with Crippen molar-refractivity contribution in [3.63, 3.8) is 0 Å². The molecular formula is C27H29ClN2O2S. The van der Waals surface area contributed by atoms with Gasteiger partial charge < -0.3 is 10.2 Å². The van der Waals surface area contributed by atoms with Crippen LogP contribution in [0, 0.1) is 0 Å². The normalized spacial score (nSPS) is 11.6. The van der Waals surface area contributed by atoms with Gasteiger partial charge in [-0.2, -0.15) is 0 Å². The van der Waals surface area contributed by atoms with Gasteiger partial charge in [0.2, 0.25) is 11.8 Å². The fourth-order valence-corrected chi connectivity index (χ4v) is 4.48. The molecule has 0 fully saturated rings. The Hall–Kier alpha value is -2.76. The summed E-state index contributed by atoms with van der Waals surface area (Å²) in [6, 6.07) is 26.4. The second kappa shape index (κ2) is 13.1. The molecule has 1 atom stereocenters. The molecule has 3 aromatic carbocycles. The predicted octanol–water partition coefficient (Wildman–Crippen LogP) is 5.60. The summed E-state index contributed by atoms with van der Waals surface area (Å²) in [5, 5.41) is 3.57. The number of hydrogen-bond donors (Lipinski definition) is 1. The third kappa shape index (κ3) is 7.65. The average Bonchev–Trinajstić information content (AvgIpc) is 2.85. The summed E-state index contributed by atoms with van der Waals surface area (Å²) in [6.07, 6.45) is 1.26. The zero-order valence-corrected chi connectivity index (χ0v) is 20.3. The maximum atomic E-state index is 13.5. The number of halogens is 1. The number of nitrogens with zero attached hydrogens (tertiary/aromatic N) is 1. The quantitative estimate of drug-likeness (QED) is 0.363. The van der Waals surface area contributed by atoms with Crippen LogP contribution in [0.1, 0.15) is 24.5 Å². The summed E-state index contributed by atoms with van der Waals surface area (Å²) >= 11 is 7.90. The SMILES string of the molecule is CCCNC(=O)C(Cc1ccccc1)N(Cc1ccccc1Cl)C(=O)CSc1ccccc1. The third-order valence-electron chi connectivity index (χ3n) is 5.22. The summed E-state index contributed by atoms with van der Waals surface area (Å²) in [6.45, 7) is 2.84. The van der Waals surface area contributed by atoms with Gasteiger partial charge in [0.15, 0.2) is 0 Å². The van der Waals surface area contributed by atoms with E-state index in [0.717, 1.165) is 22.4 Å². The van der Waals surface area contributed by atoms with Gasteiger partial charge in [-0.25, -0.2) is 0 Å². The Balaban J connectivity index is 1.89. The second-order valence-corrected chi connectivity index (χ2v) is 9.17. The molecule has 0 heterocycles. The first-order valence-corrected chi connectivity index (χ1v) is 12.5. The highest BCUT2D eigenvalue weighted by Crippen LogP contribution is 2.23. The molecule has 0 bridgehead atoms. The number of amides is 2. The first-order chi connectivity index (χ1) is 16.1. The van der Waals surface area contributed by atoms with E-state index in [2.05, 4.69) is 5.32 Å². The van der Waals surface area contributed by atoms with Gasteiger partial charge in [-0.05, 0) is 35.7 Å². The minimum absolute atomic E-state index is 0.101. The zero-order valence-electron chi connectivity index (χ0n) is 18.7. The predicted molar refractivity (Wildman–Crippen MR) is 136 cm³/mol. The summed E-state index contributed by atoms with van der Waals surface area (Å²) in [7, 11) is 0. The fourth-order valence-electron chi connectivity index (χ4n) is 3.47. The van der Waals surface area contributed by atoms with E-state index in [9.17, 15) is 9.59 Å². The van der Waals surface area contributed by atoms with Crippen molar-refractivity contribution in [3.8, 4) is 0 Å². The van der Waals surface area contributed by atoms with Crippen molar-refractivity contribution in [2.75, 3.05) is 12.3 Å². The van der Waals surface area contributed by atoms with Crippen molar-refractivity contribution in [2.24, 2.45) is 0 Å². The number of hydrogen-bond acceptors (Lipinski definition) is 3. The van der Waals surface area contributed by atoms with Crippen LogP contribution in [0.4, 0.5) is 0 Å². The van der Waals surface area contributed by atoms with Gasteiger partial charge in [-0.3, -0.25) is 9.59 Å². The molecule has 2 amide bonds. The molecule has 3 aromatic rings. The van der Waals surface area contributed by atoms with Crippen LogP contribution in [0.25, 0.3) is 0 Å². The lowest BCUT2D eigenvalue weighted by Crippen LogP contribution is -2.51. The van der Waals surface area contributed by atoms with Gasteiger partial charge in [0.05, 0.1) is 5.75 Å². The Labute approximate surface area is 205 Å². The molecule has 0 spiro atoms. The first kappa shape index (κ1) is 24.9. The number of rotatable bonds is 11. The molecule has 0 saturated heterocycles. The van der Waals surface area contributed by atoms with Gasteiger partial charge in [-0.1, -0.05) is 85.3 Å². The lowest BCUT2D eigenvalue weighted by atomic mass is 10.0. The number of thioether (sulfide) groups is 1. The van der Waals surface area contributed by atoms with E-state index in [0.29, 0.717) is 18.0 Å². The van der Waals surface area contributed by atoms with E-state index in [1.54, 1.807) is 4.90 Å². The summed E-state index contributed by atoms with van der Waals surface area (Å²) < 4.78 is 0. The van der Waals surface area contributed by atoms with Crippen molar-refractivity contribution in [1.29, 1.82) is 0 Å². The summed E-state index contributed by atoms with van der Waals surface area (Å²) in [5.74, 6) is -0.0111. The molecule has 0 aromatic heterocycles. The molecular weight excluding hydrogens is 452 g/mol. The van der Waals surface area contributed by atoms with Gasteiger partial charge >= 0.3 is 0 Å². The summed E-state index contributed by atoms with van der Waals surface area (Å²) in [5.41, 5.74) is 1.82. The lowest BCUT2D eigenvalue weighted by Gasteiger charge is -2.31. The van der Waals surface area contributed by atoms with Crippen molar-refractivity contribution < 1.29 is 9.59 Å². The van der Waals surface area contributed by atoms with Gasteiger partial charge in [0.25, 0.3) is 0 Å². The van der Waals surface area contributed by atoms with Crippen LogP contribution in [0.5, 0.6) is 0 Å². The maximum Gasteiger partial charge on any atom is 0.243 e. The molecule has 6 heteroatoms. The minimum Gasteiger partial charge on any atom is -0.354 e. The Kier molecular flexibility index (Phi) is 9.85. The van der Waals surface area contributed by atoms with Gasteiger partial charge in [0, 0.05) is 29.4 Å². The van der Waals surface area contributed by atoms with Crippen LogP contribution in [-0.2, 0) is 22.6 Å². The number of carbonyl (C=O) groups is 2. The Morgan fingerprint density at radius 3 is 2.24 bits per heavy atom. The van der Waals surface area contributed by atoms with E-state index < -0.39 is 6.04 Å². The number of benzene rings is 3. The van der Waals surface area contributed by atoms with Crippen LogP contribution in [0.15, 0.2) is 89.8 Å².